The first kappa shape index (κ1) is 24.2. The Kier molecular flexibility index (Phi) is 7.02. The van der Waals surface area contributed by atoms with E-state index >= 15 is 0 Å². The van der Waals surface area contributed by atoms with Crippen LogP contribution < -0.4 is 16.0 Å². The highest BCUT2D eigenvalue weighted by Crippen LogP contribution is 2.35. The molecule has 3 aromatic rings. The number of hydrogen-bond donors (Lipinski definition) is 3. The fourth-order valence-corrected chi connectivity index (χ4v) is 3.74. The molecule has 3 N–H and O–H groups in total. The lowest BCUT2D eigenvalue weighted by molar-refractivity contribution is -0.137. The van der Waals surface area contributed by atoms with Gasteiger partial charge in [0, 0.05) is 43.2 Å². The first-order valence-corrected chi connectivity index (χ1v) is 10.9. The number of nitrogens with zero attached hydrogens (tertiary/aromatic N) is 1. The number of para-hydroxylation sites is 1. The summed E-state index contributed by atoms with van der Waals surface area (Å²) in [5.74, 6) is -0.777. The van der Waals surface area contributed by atoms with Gasteiger partial charge in [0.05, 0.1) is 17.9 Å². The third kappa shape index (κ3) is 5.78. The predicted octanol–water partition coefficient (Wildman–Crippen LogP) is 4.05. The lowest BCUT2D eigenvalue weighted by atomic mass is 9.96. The van der Waals surface area contributed by atoms with E-state index < -0.39 is 23.2 Å². The fraction of sp³-hybridized carbons (Fsp3) is 0.240. The van der Waals surface area contributed by atoms with Crippen molar-refractivity contribution in [2.45, 2.75) is 24.7 Å². The molecule has 1 aromatic heterocycles. The maximum atomic E-state index is 13.2. The summed E-state index contributed by atoms with van der Waals surface area (Å²) in [6, 6.07) is 15.0. The number of hydrogen-bond acceptors (Lipinski definition) is 5. The van der Waals surface area contributed by atoms with Crippen LogP contribution in [-0.4, -0.2) is 35.6 Å². The average molecular weight is 484 g/mol. The standard InChI is InChI=1S/C25H23F3N4O3/c26-25(27,28)20-3-1-2-4-21(20)31-19-7-5-17(6-8-19)15-30-23(34)24(11-14-35-16-24)32-22(33)18-9-12-29-13-10-18/h1-10,12-13,31H,11,14-16H2,(H,30,34)(H,32,33). The van der Waals surface area contributed by atoms with E-state index in [2.05, 4.69) is 20.9 Å². The number of pyridine rings is 1. The number of benzene rings is 2. The number of carbonyl (C=O) groups is 2. The van der Waals surface area contributed by atoms with Crippen molar-refractivity contribution in [2.24, 2.45) is 0 Å². The molecule has 1 atom stereocenters. The van der Waals surface area contributed by atoms with Gasteiger partial charge in [0.15, 0.2) is 0 Å². The molecule has 1 aliphatic heterocycles. The van der Waals surface area contributed by atoms with E-state index in [1.54, 1.807) is 36.4 Å². The number of rotatable bonds is 7. The highest BCUT2D eigenvalue weighted by Gasteiger charge is 2.43. The first-order chi connectivity index (χ1) is 16.8. The molecule has 10 heteroatoms. The monoisotopic (exact) mass is 484 g/mol. The molecule has 182 valence electrons. The van der Waals surface area contributed by atoms with Gasteiger partial charge in [-0.05, 0) is 42.0 Å². The van der Waals surface area contributed by atoms with Gasteiger partial charge < -0.3 is 20.7 Å². The van der Waals surface area contributed by atoms with Gasteiger partial charge in [-0.1, -0.05) is 24.3 Å². The fourth-order valence-electron chi connectivity index (χ4n) is 3.74. The van der Waals surface area contributed by atoms with Crippen LogP contribution in [0.2, 0.25) is 0 Å². The van der Waals surface area contributed by atoms with Gasteiger partial charge in [0.1, 0.15) is 5.54 Å². The normalized spacial score (nSPS) is 17.6. The van der Waals surface area contributed by atoms with Crippen molar-refractivity contribution in [2.75, 3.05) is 18.5 Å². The van der Waals surface area contributed by atoms with Crippen LogP contribution in [0.3, 0.4) is 0 Å². The van der Waals surface area contributed by atoms with Crippen molar-refractivity contribution in [1.29, 1.82) is 0 Å². The van der Waals surface area contributed by atoms with Crippen LogP contribution >= 0.6 is 0 Å². The highest BCUT2D eigenvalue weighted by atomic mass is 19.4. The summed E-state index contributed by atoms with van der Waals surface area (Å²) >= 11 is 0. The van der Waals surface area contributed by atoms with E-state index in [1.165, 1.54) is 30.6 Å². The quantitative estimate of drug-likeness (QED) is 0.471. The van der Waals surface area contributed by atoms with Gasteiger partial charge in [0.2, 0.25) is 5.91 Å². The smallest absolute Gasteiger partial charge is 0.378 e. The van der Waals surface area contributed by atoms with Crippen LogP contribution in [0.5, 0.6) is 0 Å². The summed E-state index contributed by atoms with van der Waals surface area (Å²) in [4.78, 5) is 29.5. The summed E-state index contributed by atoms with van der Waals surface area (Å²) in [5, 5.41) is 8.40. The maximum Gasteiger partial charge on any atom is 0.418 e. The summed E-state index contributed by atoms with van der Waals surface area (Å²) in [6.07, 6.45) is -1.15. The molecule has 2 amide bonds. The van der Waals surface area contributed by atoms with E-state index in [9.17, 15) is 22.8 Å². The van der Waals surface area contributed by atoms with Crippen LogP contribution in [0.1, 0.15) is 27.9 Å². The first-order valence-electron chi connectivity index (χ1n) is 10.9. The number of halogens is 3. The molecule has 7 nitrogen and oxygen atoms in total. The Morgan fingerprint density at radius 3 is 2.37 bits per heavy atom. The number of carbonyl (C=O) groups excluding carboxylic acids is 2. The molecule has 1 unspecified atom stereocenters. The molecule has 2 heterocycles. The summed E-state index contributed by atoms with van der Waals surface area (Å²) < 4.78 is 45.0. The molecule has 1 aliphatic rings. The van der Waals surface area contributed by atoms with Crippen molar-refractivity contribution >= 4 is 23.2 Å². The second-order valence-corrected chi connectivity index (χ2v) is 8.12. The molecular weight excluding hydrogens is 461 g/mol. The summed E-state index contributed by atoms with van der Waals surface area (Å²) in [7, 11) is 0. The second-order valence-electron chi connectivity index (χ2n) is 8.12. The summed E-state index contributed by atoms with van der Waals surface area (Å²) in [6.45, 7) is 0.562. The van der Waals surface area contributed by atoms with Crippen LogP contribution in [0.25, 0.3) is 0 Å². The highest BCUT2D eigenvalue weighted by molar-refractivity contribution is 5.99. The van der Waals surface area contributed by atoms with Gasteiger partial charge in [-0.3, -0.25) is 14.6 Å². The zero-order valence-electron chi connectivity index (χ0n) is 18.6. The molecule has 0 saturated carbocycles. The number of nitrogens with one attached hydrogen (secondary N) is 3. The SMILES string of the molecule is O=C(NC1(C(=O)NCc2ccc(Nc3ccccc3C(F)(F)F)cc2)CCOC1)c1ccncc1. The van der Waals surface area contributed by atoms with Crippen molar-refractivity contribution < 1.29 is 27.5 Å². The third-order valence-electron chi connectivity index (χ3n) is 5.67. The van der Waals surface area contributed by atoms with Gasteiger partial charge in [0.25, 0.3) is 5.91 Å². The van der Waals surface area contributed by atoms with E-state index in [-0.39, 0.29) is 24.7 Å². The third-order valence-corrected chi connectivity index (χ3v) is 5.67. The number of alkyl halides is 3. The van der Waals surface area contributed by atoms with Crippen molar-refractivity contribution in [1.82, 2.24) is 15.6 Å². The lowest BCUT2D eigenvalue weighted by Gasteiger charge is -2.27. The molecule has 1 saturated heterocycles. The number of amides is 2. The lowest BCUT2D eigenvalue weighted by Crippen LogP contribution is -2.59. The van der Waals surface area contributed by atoms with Crippen molar-refractivity contribution in [3.8, 4) is 0 Å². The minimum atomic E-state index is -4.47. The van der Waals surface area contributed by atoms with E-state index in [0.717, 1.165) is 11.6 Å². The Morgan fingerprint density at radius 1 is 1.00 bits per heavy atom. The minimum Gasteiger partial charge on any atom is -0.378 e. The topological polar surface area (TPSA) is 92.4 Å². The zero-order valence-corrected chi connectivity index (χ0v) is 18.6. The molecule has 0 radical (unpaired) electrons. The van der Waals surface area contributed by atoms with E-state index in [0.29, 0.717) is 24.3 Å². The molecule has 35 heavy (non-hydrogen) atoms. The maximum absolute atomic E-state index is 13.2. The Hall–Kier alpha value is -3.92. The predicted molar refractivity (Wildman–Crippen MR) is 123 cm³/mol. The van der Waals surface area contributed by atoms with Crippen LogP contribution in [0.4, 0.5) is 24.5 Å². The van der Waals surface area contributed by atoms with Crippen molar-refractivity contribution in [3.05, 3.63) is 89.7 Å². The molecule has 2 aromatic carbocycles. The number of ether oxygens (including phenoxy) is 1. The Morgan fingerprint density at radius 2 is 1.71 bits per heavy atom. The van der Waals surface area contributed by atoms with Gasteiger partial charge >= 0.3 is 6.18 Å². The second kappa shape index (κ2) is 10.1. The van der Waals surface area contributed by atoms with Gasteiger partial charge in [-0.15, -0.1) is 0 Å². The Labute approximate surface area is 199 Å². The molecule has 1 fully saturated rings. The molecular formula is C25H23F3N4O3. The molecule has 0 spiro atoms. The molecule has 4 rings (SSSR count). The number of aromatic nitrogens is 1. The van der Waals surface area contributed by atoms with Gasteiger partial charge in [-0.25, -0.2) is 0 Å². The van der Waals surface area contributed by atoms with Crippen LogP contribution in [0, 0.1) is 0 Å². The molecule has 0 aliphatic carbocycles. The molecule has 0 bridgehead atoms. The van der Waals surface area contributed by atoms with Crippen LogP contribution in [0.15, 0.2) is 73.1 Å². The Bertz CT molecular complexity index is 1180. The minimum absolute atomic E-state index is 0.0471. The van der Waals surface area contributed by atoms with E-state index in [1.807, 2.05) is 0 Å². The Balaban J connectivity index is 1.38. The zero-order chi connectivity index (χ0) is 24.9. The van der Waals surface area contributed by atoms with Gasteiger partial charge in [-0.2, -0.15) is 13.2 Å². The summed E-state index contributed by atoms with van der Waals surface area (Å²) in [5.41, 5.74) is -0.398. The van der Waals surface area contributed by atoms with Crippen molar-refractivity contribution in [3.63, 3.8) is 0 Å². The largest absolute Gasteiger partial charge is 0.418 e. The van der Waals surface area contributed by atoms with Crippen LogP contribution in [-0.2, 0) is 22.3 Å². The average Bonchev–Trinajstić information content (AvgIpc) is 3.33. The number of anilines is 2. The van der Waals surface area contributed by atoms with E-state index in [4.69, 9.17) is 4.74 Å².